The Hall–Kier alpha value is -1.76. The zero-order valence-electron chi connectivity index (χ0n) is 11.3. The Morgan fingerprint density at radius 1 is 1.42 bits per heavy atom. The van der Waals surface area contributed by atoms with E-state index in [1.807, 2.05) is 21.6 Å². The largest absolute Gasteiger partial charge is 0.305 e. The highest BCUT2D eigenvalue weighted by Crippen LogP contribution is 2.34. The van der Waals surface area contributed by atoms with E-state index in [1.165, 1.54) is 12.8 Å². The predicted molar refractivity (Wildman–Crippen MR) is 69.3 cm³/mol. The first-order chi connectivity index (χ1) is 9.25. The van der Waals surface area contributed by atoms with Crippen LogP contribution in [0.25, 0.3) is 0 Å². The maximum absolute atomic E-state index is 4.27. The molecule has 2 heterocycles. The minimum absolute atomic E-state index is 0.292. The van der Waals surface area contributed by atoms with Crippen LogP contribution in [-0.2, 0) is 6.54 Å². The van der Waals surface area contributed by atoms with E-state index < -0.39 is 0 Å². The SMILES string of the molecule is C[C@@H](NCc1nnnn1C1CC1)[C@H](C)n1cccn1. The molecule has 2 atom stereocenters. The maximum Gasteiger partial charge on any atom is 0.165 e. The van der Waals surface area contributed by atoms with Gasteiger partial charge in [-0.05, 0) is 43.2 Å². The van der Waals surface area contributed by atoms with Gasteiger partial charge in [-0.3, -0.25) is 4.68 Å². The molecule has 19 heavy (non-hydrogen) atoms. The Morgan fingerprint density at radius 2 is 2.26 bits per heavy atom. The first-order valence-electron chi connectivity index (χ1n) is 6.75. The summed E-state index contributed by atoms with van der Waals surface area (Å²) in [5.74, 6) is 0.919. The van der Waals surface area contributed by atoms with Gasteiger partial charge in [-0.15, -0.1) is 5.10 Å². The third-order valence-corrected chi connectivity index (χ3v) is 3.70. The molecule has 1 aliphatic rings. The summed E-state index contributed by atoms with van der Waals surface area (Å²) in [6.07, 6.45) is 6.17. The number of tetrazole rings is 1. The highest BCUT2D eigenvalue weighted by Gasteiger charge is 2.27. The topological polar surface area (TPSA) is 73.5 Å². The first-order valence-corrected chi connectivity index (χ1v) is 6.75. The molecule has 0 spiro atoms. The summed E-state index contributed by atoms with van der Waals surface area (Å²) in [7, 11) is 0. The Balaban J connectivity index is 1.58. The molecule has 1 saturated carbocycles. The fourth-order valence-electron chi connectivity index (χ4n) is 2.10. The number of rotatable bonds is 6. The van der Waals surface area contributed by atoms with Crippen molar-refractivity contribution in [1.82, 2.24) is 35.3 Å². The van der Waals surface area contributed by atoms with Crippen LogP contribution in [0.2, 0.25) is 0 Å². The number of nitrogens with zero attached hydrogens (tertiary/aromatic N) is 6. The van der Waals surface area contributed by atoms with Crippen molar-refractivity contribution in [2.75, 3.05) is 0 Å². The van der Waals surface area contributed by atoms with Gasteiger partial charge in [0.2, 0.25) is 0 Å². The maximum atomic E-state index is 4.27. The van der Waals surface area contributed by atoms with Gasteiger partial charge >= 0.3 is 0 Å². The van der Waals surface area contributed by atoms with E-state index in [1.54, 1.807) is 6.20 Å². The summed E-state index contributed by atoms with van der Waals surface area (Å²) >= 11 is 0. The Kier molecular flexibility index (Phi) is 3.29. The number of hydrogen-bond donors (Lipinski definition) is 1. The Labute approximate surface area is 112 Å². The van der Waals surface area contributed by atoms with Gasteiger partial charge in [-0.25, -0.2) is 4.68 Å². The van der Waals surface area contributed by atoms with Crippen molar-refractivity contribution in [2.45, 2.75) is 51.4 Å². The Bertz CT molecular complexity index is 514. The highest BCUT2D eigenvalue weighted by atomic mass is 15.6. The molecular formula is C12H19N7. The van der Waals surface area contributed by atoms with Crippen molar-refractivity contribution in [3.63, 3.8) is 0 Å². The van der Waals surface area contributed by atoms with E-state index in [0.717, 1.165) is 5.82 Å². The average molecular weight is 261 g/mol. The average Bonchev–Trinajstić information content (AvgIpc) is 2.95. The zero-order valence-corrected chi connectivity index (χ0v) is 11.3. The molecule has 1 aliphatic carbocycles. The van der Waals surface area contributed by atoms with E-state index in [0.29, 0.717) is 24.7 Å². The highest BCUT2D eigenvalue weighted by molar-refractivity contribution is 4.91. The standard InChI is InChI=1S/C12H19N7/c1-9(10(2)18-7-3-6-14-18)13-8-12-15-16-17-19(12)11-4-5-11/h3,6-7,9-11,13H,4-5,8H2,1-2H3/t9-,10+/m1/s1. The molecule has 7 heteroatoms. The molecule has 1 N–H and O–H groups in total. The third-order valence-electron chi connectivity index (χ3n) is 3.70. The van der Waals surface area contributed by atoms with Crippen molar-refractivity contribution in [3.05, 3.63) is 24.3 Å². The van der Waals surface area contributed by atoms with E-state index in [-0.39, 0.29) is 0 Å². The van der Waals surface area contributed by atoms with Crippen LogP contribution in [0.3, 0.4) is 0 Å². The van der Waals surface area contributed by atoms with Gasteiger partial charge in [0, 0.05) is 18.4 Å². The van der Waals surface area contributed by atoms with Gasteiger partial charge < -0.3 is 5.32 Å². The summed E-state index contributed by atoms with van der Waals surface area (Å²) < 4.78 is 3.90. The van der Waals surface area contributed by atoms with Crippen LogP contribution in [0.4, 0.5) is 0 Å². The molecular weight excluding hydrogens is 242 g/mol. The molecule has 3 rings (SSSR count). The van der Waals surface area contributed by atoms with Gasteiger partial charge in [0.1, 0.15) is 0 Å². The van der Waals surface area contributed by atoms with Crippen LogP contribution in [0, 0.1) is 0 Å². The second-order valence-corrected chi connectivity index (χ2v) is 5.17. The molecule has 0 aromatic carbocycles. The summed E-state index contributed by atoms with van der Waals surface area (Å²) in [6, 6.07) is 3.05. The minimum atomic E-state index is 0.292. The van der Waals surface area contributed by atoms with Crippen LogP contribution < -0.4 is 5.32 Å². The van der Waals surface area contributed by atoms with Gasteiger partial charge in [-0.1, -0.05) is 0 Å². The quantitative estimate of drug-likeness (QED) is 0.838. The van der Waals surface area contributed by atoms with Crippen molar-refractivity contribution < 1.29 is 0 Å². The molecule has 0 amide bonds. The summed E-state index contributed by atoms with van der Waals surface area (Å²) in [5, 5.41) is 19.6. The smallest absolute Gasteiger partial charge is 0.165 e. The second kappa shape index (κ2) is 5.08. The van der Waals surface area contributed by atoms with Crippen molar-refractivity contribution in [3.8, 4) is 0 Å². The third kappa shape index (κ3) is 2.65. The lowest BCUT2D eigenvalue weighted by Gasteiger charge is -2.21. The molecule has 1 fully saturated rings. The molecule has 102 valence electrons. The van der Waals surface area contributed by atoms with E-state index in [2.05, 4.69) is 39.8 Å². The zero-order chi connectivity index (χ0) is 13.2. The normalized spacial score (nSPS) is 18.4. The summed E-state index contributed by atoms with van der Waals surface area (Å²) in [5.41, 5.74) is 0. The molecule has 2 aromatic heterocycles. The van der Waals surface area contributed by atoms with Crippen molar-refractivity contribution in [2.24, 2.45) is 0 Å². The van der Waals surface area contributed by atoms with Crippen LogP contribution in [0.5, 0.6) is 0 Å². The van der Waals surface area contributed by atoms with E-state index in [9.17, 15) is 0 Å². The summed E-state index contributed by atoms with van der Waals surface area (Å²) in [6.45, 7) is 4.99. The van der Waals surface area contributed by atoms with E-state index in [4.69, 9.17) is 0 Å². The molecule has 2 aromatic rings. The molecule has 0 radical (unpaired) electrons. The van der Waals surface area contributed by atoms with Crippen LogP contribution in [-0.4, -0.2) is 36.0 Å². The number of aromatic nitrogens is 6. The van der Waals surface area contributed by atoms with Crippen LogP contribution >= 0.6 is 0 Å². The number of hydrogen-bond acceptors (Lipinski definition) is 5. The fourth-order valence-corrected chi connectivity index (χ4v) is 2.10. The number of nitrogens with one attached hydrogen (secondary N) is 1. The molecule has 7 nitrogen and oxygen atoms in total. The predicted octanol–water partition coefficient (Wildman–Crippen LogP) is 0.944. The van der Waals surface area contributed by atoms with Gasteiger partial charge in [0.05, 0.1) is 18.6 Å². The van der Waals surface area contributed by atoms with Crippen molar-refractivity contribution in [1.29, 1.82) is 0 Å². The molecule has 0 bridgehead atoms. The van der Waals surface area contributed by atoms with Gasteiger partial charge in [0.25, 0.3) is 0 Å². The lowest BCUT2D eigenvalue weighted by molar-refractivity contribution is 0.359. The van der Waals surface area contributed by atoms with Crippen molar-refractivity contribution >= 4 is 0 Å². The van der Waals surface area contributed by atoms with Gasteiger partial charge in [-0.2, -0.15) is 5.10 Å². The van der Waals surface area contributed by atoms with Gasteiger partial charge in [0.15, 0.2) is 5.82 Å². The molecule has 0 aliphatic heterocycles. The monoisotopic (exact) mass is 261 g/mol. The lowest BCUT2D eigenvalue weighted by atomic mass is 10.2. The summed E-state index contributed by atoms with van der Waals surface area (Å²) in [4.78, 5) is 0. The fraction of sp³-hybridized carbons (Fsp3) is 0.667. The lowest BCUT2D eigenvalue weighted by Crippen LogP contribution is -2.34. The van der Waals surface area contributed by atoms with Crippen LogP contribution in [0.15, 0.2) is 18.5 Å². The first kappa shape index (κ1) is 12.3. The van der Waals surface area contributed by atoms with Crippen LogP contribution in [0.1, 0.15) is 44.6 Å². The van der Waals surface area contributed by atoms with E-state index >= 15 is 0 Å². The molecule has 0 unspecified atom stereocenters. The molecule has 0 saturated heterocycles. The minimum Gasteiger partial charge on any atom is -0.305 e. The second-order valence-electron chi connectivity index (χ2n) is 5.17. The Morgan fingerprint density at radius 3 is 2.95 bits per heavy atom.